The zero-order valence-corrected chi connectivity index (χ0v) is 11.6. The quantitative estimate of drug-likeness (QED) is 0.551. The van der Waals surface area contributed by atoms with E-state index in [0.29, 0.717) is 19.5 Å². The molecule has 0 spiro atoms. The minimum absolute atomic E-state index is 0.161. The molecule has 2 N–H and O–H groups in total. The predicted molar refractivity (Wildman–Crippen MR) is 77.5 cm³/mol. The van der Waals surface area contributed by atoms with Crippen molar-refractivity contribution in [1.82, 2.24) is 10.6 Å². The fraction of sp³-hybridized carbons (Fsp3) is 0.333. The molecule has 0 unspecified atom stereocenters. The van der Waals surface area contributed by atoms with Gasteiger partial charge in [0, 0.05) is 13.1 Å². The van der Waals surface area contributed by atoms with Gasteiger partial charge in [0.1, 0.15) is 12.2 Å². The number of nitrogens with one attached hydrogen (secondary N) is 2. The minimum atomic E-state index is -0.302. The molecule has 108 valence electrons. The normalized spacial score (nSPS) is 9.65. The lowest BCUT2D eigenvalue weighted by Crippen LogP contribution is -2.32. The molecule has 20 heavy (non-hydrogen) atoms. The van der Waals surface area contributed by atoms with Gasteiger partial charge in [-0.05, 0) is 24.1 Å². The first-order chi connectivity index (χ1) is 9.65. The first kappa shape index (κ1) is 15.8. The summed E-state index contributed by atoms with van der Waals surface area (Å²) in [6, 6.07) is 7.65. The Morgan fingerprint density at radius 2 is 2.05 bits per heavy atom. The Morgan fingerprint density at radius 1 is 1.30 bits per heavy atom. The van der Waals surface area contributed by atoms with Gasteiger partial charge in [-0.25, -0.2) is 0 Å². The molecule has 1 rings (SSSR count). The van der Waals surface area contributed by atoms with E-state index in [4.69, 9.17) is 4.74 Å². The Labute approximate surface area is 119 Å². The van der Waals surface area contributed by atoms with Gasteiger partial charge >= 0.3 is 0 Å². The number of hydrogen-bond acceptors (Lipinski definition) is 3. The maximum atomic E-state index is 11.5. The van der Waals surface area contributed by atoms with Crippen LogP contribution < -0.4 is 15.4 Å². The second kappa shape index (κ2) is 8.74. The van der Waals surface area contributed by atoms with Crippen LogP contribution in [0.15, 0.2) is 36.9 Å². The number of carbonyl (C=O) groups excluding carboxylic acids is 2. The van der Waals surface area contributed by atoms with Crippen LogP contribution in [0.5, 0.6) is 5.75 Å². The fourth-order valence-corrected chi connectivity index (χ4v) is 1.63. The van der Waals surface area contributed by atoms with Gasteiger partial charge in [-0.15, -0.1) is 6.58 Å². The molecule has 1 aromatic rings. The molecule has 0 aliphatic carbocycles. The van der Waals surface area contributed by atoms with Gasteiger partial charge in [0.15, 0.2) is 0 Å². The summed E-state index contributed by atoms with van der Waals surface area (Å²) in [5.41, 5.74) is 1.07. The fourth-order valence-electron chi connectivity index (χ4n) is 1.63. The predicted octanol–water partition coefficient (Wildman–Crippen LogP) is 1.05. The number of ether oxygens (including phenoxy) is 1. The molecule has 5 heteroatoms. The third kappa shape index (κ3) is 6.04. The Hall–Kier alpha value is -2.30. The molecule has 5 nitrogen and oxygen atoms in total. The first-order valence-electron chi connectivity index (χ1n) is 6.43. The third-order valence-electron chi connectivity index (χ3n) is 2.63. The highest BCUT2D eigenvalue weighted by Crippen LogP contribution is 2.12. The maximum absolute atomic E-state index is 11.5. The van der Waals surface area contributed by atoms with Crippen molar-refractivity contribution in [1.29, 1.82) is 0 Å². The lowest BCUT2D eigenvalue weighted by atomic mass is 10.1. The van der Waals surface area contributed by atoms with E-state index in [1.807, 2.05) is 24.3 Å². The molecule has 0 radical (unpaired) electrons. The topological polar surface area (TPSA) is 67.4 Å². The van der Waals surface area contributed by atoms with Gasteiger partial charge in [0.25, 0.3) is 0 Å². The molecule has 0 bridgehead atoms. The Bertz CT molecular complexity index is 472. The number of hydrogen-bond donors (Lipinski definition) is 2. The average Bonchev–Trinajstić information content (AvgIpc) is 2.45. The van der Waals surface area contributed by atoms with E-state index in [2.05, 4.69) is 17.2 Å². The molecule has 0 aromatic heterocycles. The summed E-state index contributed by atoms with van der Waals surface area (Å²) in [6.45, 7) is 4.34. The summed E-state index contributed by atoms with van der Waals surface area (Å²) < 4.78 is 5.12. The number of carbonyl (C=O) groups is 2. The van der Waals surface area contributed by atoms with E-state index in [1.54, 1.807) is 13.2 Å². The first-order valence-corrected chi connectivity index (χ1v) is 6.43. The average molecular weight is 276 g/mol. The SMILES string of the molecule is C=CCNC(=O)CC(=O)NCCc1cccc(OC)c1. The molecule has 0 aliphatic heterocycles. The molecule has 0 aliphatic rings. The van der Waals surface area contributed by atoms with Crippen molar-refractivity contribution in [2.45, 2.75) is 12.8 Å². The summed E-state index contributed by atoms with van der Waals surface area (Å²) >= 11 is 0. The van der Waals surface area contributed by atoms with Crippen LogP contribution in [0, 0.1) is 0 Å². The van der Waals surface area contributed by atoms with E-state index in [-0.39, 0.29) is 18.2 Å². The van der Waals surface area contributed by atoms with Crippen molar-refractivity contribution < 1.29 is 14.3 Å². The summed E-state index contributed by atoms with van der Waals surface area (Å²) in [7, 11) is 1.61. The van der Waals surface area contributed by atoms with Gasteiger partial charge in [0.2, 0.25) is 11.8 Å². The molecule has 0 heterocycles. The Morgan fingerprint density at radius 3 is 2.75 bits per heavy atom. The van der Waals surface area contributed by atoms with Crippen LogP contribution in [-0.2, 0) is 16.0 Å². The summed E-state index contributed by atoms with van der Waals surface area (Å²) in [6.07, 6.45) is 2.10. The van der Waals surface area contributed by atoms with E-state index >= 15 is 0 Å². The lowest BCUT2D eigenvalue weighted by Gasteiger charge is -2.07. The van der Waals surface area contributed by atoms with Crippen molar-refractivity contribution in [2.75, 3.05) is 20.2 Å². The van der Waals surface area contributed by atoms with Crippen molar-refractivity contribution in [3.8, 4) is 5.75 Å². The largest absolute Gasteiger partial charge is 0.497 e. The second-order valence-corrected chi connectivity index (χ2v) is 4.22. The highest BCUT2D eigenvalue weighted by Gasteiger charge is 2.07. The van der Waals surface area contributed by atoms with Crippen LogP contribution in [0.2, 0.25) is 0 Å². The molecular weight excluding hydrogens is 256 g/mol. The molecule has 0 saturated heterocycles. The number of amides is 2. The summed E-state index contributed by atoms with van der Waals surface area (Å²) in [5, 5.41) is 5.26. The standard InChI is InChI=1S/C15H20N2O3/c1-3-8-16-14(18)11-15(19)17-9-7-12-5-4-6-13(10-12)20-2/h3-6,10H,1,7-9,11H2,2H3,(H,16,18)(H,17,19). The van der Waals surface area contributed by atoms with Crippen molar-refractivity contribution in [2.24, 2.45) is 0 Å². The molecule has 0 atom stereocenters. The molecular formula is C15H20N2O3. The zero-order chi connectivity index (χ0) is 14.8. The van der Waals surface area contributed by atoms with Crippen molar-refractivity contribution >= 4 is 11.8 Å². The van der Waals surface area contributed by atoms with Crippen LogP contribution in [0.4, 0.5) is 0 Å². The highest BCUT2D eigenvalue weighted by atomic mass is 16.5. The highest BCUT2D eigenvalue weighted by molar-refractivity contribution is 5.96. The van der Waals surface area contributed by atoms with Crippen LogP contribution in [0.3, 0.4) is 0 Å². The van der Waals surface area contributed by atoms with E-state index in [1.165, 1.54) is 0 Å². The minimum Gasteiger partial charge on any atom is -0.497 e. The van der Waals surface area contributed by atoms with Crippen LogP contribution in [0.1, 0.15) is 12.0 Å². The molecule has 1 aromatic carbocycles. The smallest absolute Gasteiger partial charge is 0.229 e. The monoisotopic (exact) mass is 276 g/mol. The van der Waals surface area contributed by atoms with E-state index in [9.17, 15) is 9.59 Å². The number of rotatable bonds is 8. The lowest BCUT2D eigenvalue weighted by molar-refractivity contribution is -0.129. The van der Waals surface area contributed by atoms with E-state index in [0.717, 1.165) is 11.3 Å². The number of benzene rings is 1. The molecule has 0 fully saturated rings. The Kier molecular flexibility index (Phi) is 6.89. The van der Waals surface area contributed by atoms with Gasteiger partial charge in [-0.2, -0.15) is 0 Å². The second-order valence-electron chi connectivity index (χ2n) is 4.22. The van der Waals surface area contributed by atoms with Crippen LogP contribution in [0.25, 0.3) is 0 Å². The zero-order valence-electron chi connectivity index (χ0n) is 11.6. The molecule has 2 amide bonds. The van der Waals surface area contributed by atoms with Gasteiger partial charge < -0.3 is 15.4 Å². The summed E-state index contributed by atoms with van der Waals surface area (Å²) in [4.78, 5) is 22.8. The summed E-state index contributed by atoms with van der Waals surface area (Å²) in [5.74, 6) is 0.205. The van der Waals surface area contributed by atoms with Gasteiger partial charge in [0.05, 0.1) is 7.11 Å². The van der Waals surface area contributed by atoms with Crippen molar-refractivity contribution in [3.05, 3.63) is 42.5 Å². The molecule has 0 saturated carbocycles. The van der Waals surface area contributed by atoms with Crippen molar-refractivity contribution in [3.63, 3.8) is 0 Å². The van der Waals surface area contributed by atoms with Gasteiger partial charge in [-0.3, -0.25) is 9.59 Å². The van der Waals surface area contributed by atoms with Crippen LogP contribution in [-0.4, -0.2) is 32.0 Å². The maximum Gasteiger partial charge on any atom is 0.229 e. The Balaban J connectivity index is 2.27. The van der Waals surface area contributed by atoms with Crippen LogP contribution >= 0.6 is 0 Å². The third-order valence-corrected chi connectivity index (χ3v) is 2.63. The van der Waals surface area contributed by atoms with E-state index < -0.39 is 0 Å². The number of methoxy groups -OCH3 is 1. The van der Waals surface area contributed by atoms with Gasteiger partial charge in [-0.1, -0.05) is 18.2 Å².